The molecular weight excluding hydrogens is 320 g/mol. The number of amides is 2. The van der Waals surface area contributed by atoms with Crippen molar-refractivity contribution < 1.29 is 9.53 Å². The summed E-state index contributed by atoms with van der Waals surface area (Å²) >= 11 is 0. The Hall–Kier alpha value is -3.42. The van der Waals surface area contributed by atoms with Crippen LogP contribution >= 0.6 is 0 Å². The van der Waals surface area contributed by atoms with Crippen LogP contribution < -0.4 is 15.4 Å². The van der Waals surface area contributed by atoms with Crippen LogP contribution in [0.3, 0.4) is 0 Å². The summed E-state index contributed by atoms with van der Waals surface area (Å²) in [5.74, 6) is 0.781. The standard InChI is InChI=1S/C17H18N6O2/c1-12-3-6-14(9-16(12)23-11-19-21-22-23)20-17(24)18-10-13-4-7-15(25-2)8-5-13/h3-9,11H,10H2,1-2H3,(H2,18,20,24). The van der Waals surface area contributed by atoms with Gasteiger partial charge in [0.2, 0.25) is 0 Å². The van der Waals surface area contributed by atoms with Crippen molar-refractivity contribution in [2.75, 3.05) is 12.4 Å². The summed E-state index contributed by atoms with van der Waals surface area (Å²) in [6.07, 6.45) is 1.51. The number of aromatic nitrogens is 4. The van der Waals surface area contributed by atoms with E-state index in [1.165, 1.54) is 6.33 Å². The normalized spacial score (nSPS) is 10.3. The highest BCUT2D eigenvalue weighted by atomic mass is 16.5. The molecule has 0 saturated carbocycles. The van der Waals surface area contributed by atoms with E-state index in [1.54, 1.807) is 11.8 Å². The molecule has 0 fully saturated rings. The fourth-order valence-corrected chi connectivity index (χ4v) is 2.31. The van der Waals surface area contributed by atoms with Crippen LogP contribution in [0.15, 0.2) is 48.8 Å². The lowest BCUT2D eigenvalue weighted by atomic mass is 10.2. The van der Waals surface area contributed by atoms with Crippen molar-refractivity contribution in [3.63, 3.8) is 0 Å². The van der Waals surface area contributed by atoms with Gasteiger partial charge in [0.15, 0.2) is 0 Å². The molecule has 128 valence electrons. The van der Waals surface area contributed by atoms with Crippen molar-refractivity contribution in [3.05, 3.63) is 59.9 Å². The number of hydrogen-bond acceptors (Lipinski definition) is 5. The highest BCUT2D eigenvalue weighted by Crippen LogP contribution is 2.18. The Bertz CT molecular complexity index is 846. The minimum absolute atomic E-state index is 0.290. The number of tetrazole rings is 1. The molecule has 3 aromatic rings. The summed E-state index contributed by atoms with van der Waals surface area (Å²) in [4.78, 5) is 12.1. The number of ether oxygens (including phenoxy) is 1. The molecule has 8 nitrogen and oxygen atoms in total. The Morgan fingerprint density at radius 2 is 2.00 bits per heavy atom. The molecule has 1 heterocycles. The average molecular weight is 338 g/mol. The minimum Gasteiger partial charge on any atom is -0.497 e. The molecule has 0 saturated heterocycles. The maximum atomic E-state index is 12.1. The first-order chi connectivity index (χ1) is 12.2. The van der Waals surface area contributed by atoms with Gasteiger partial charge in [-0.2, -0.15) is 0 Å². The number of nitrogens with one attached hydrogen (secondary N) is 2. The van der Waals surface area contributed by atoms with Gasteiger partial charge in [-0.1, -0.05) is 18.2 Å². The molecule has 0 aliphatic heterocycles. The second-order valence-corrected chi connectivity index (χ2v) is 5.41. The Morgan fingerprint density at radius 3 is 2.68 bits per heavy atom. The second-order valence-electron chi connectivity index (χ2n) is 5.41. The Morgan fingerprint density at radius 1 is 1.20 bits per heavy atom. The van der Waals surface area contributed by atoms with Crippen molar-refractivity contribution in [3.8, 4) is 11.4 Å². The molecule has 0 atom stereocenters. The number of nitrogens with zero attached hydrogens (tertiary/aromatic N) is 4. The maximum absolute atomic E-state index is 12.1. The monoisotopic (exact) mass is 338 g/mol. The smallest absolute Gasteiger partial charge is 0.319 e. The lowest BCUT2D eigenvalue weighted by molar-refractivity contribution is 0.251. The van der Waals surface area contributed by atoms with Crippen LogP contribution in [0.4, 0.5) is 10.5 Å². The number of hydrogen-bond donors (Lipinski definition) is 2. The largest absolute Gasteiger partial charge is 0.497 e. The Kier molecular flexibility index (Phi) is 4.89. The fourth-order valence-electron chi connectivity index (χ4n) is 2.31. The molecule has 0 aliphatic carbocycles. The van der Waals surface area contributed by atoms with Crippen LogP contribution in [0, 0.1) is 6.92 Å². The van der Waals surface area contributed by atoms with Crippen LogP contribution in [0.1, 0.15) is 11.1 Å². The zero-order valence-corrected chi connectivity index (χ0v) is 13.9. The van der Waals surface area contributed by atoms with Crippen LogP contribution in [0.2, 0.25) is 0 Å². The molecule has 1 aromatic heterocycles. The van der Waals surface area contributed by atoms with Crippen molar-refractivity contribution in [1.82, 2.24) is 25.5 Å². The summed E-state index contributed by atoms with van der Waals surface area (Å²) in [5.41, 5.74) is 3.44. The predicted molar refractivity (Wildman–Crippen MR) is 92.7 cm³/mol. The van der Waals surface area contributed by atoms with Crippen molar-refractivity contribution in [1.29, 1.82) is 0 Å². The van der Waals surface area contributed by atoms with E-state index in [2.05, 4.69) is 26.2 Å². The molecule has 0 spiro atoms. The van der Waals surface area contributed by atoms with E-state index < -0.39 is 0 Å². The summed E-state index contributed by atoms with van der Waals surface area (Å²) in [6, 6.07) is 12.8. The molecule has 3 rings (SSSR count). The minimum atomic E-state index is -0.290. The number of benzene rings is 2. The van der Waals surface area contributed by atoms with Crippen LogP contribution in [0.5, 0.6) is 5.75 Å². The molecular formula is C17H18N6O2. The molecule has 0 bridgehead atoms. The second kappa shape index (κ2) is 7.43. The quantitative estimate of drug-likeness (QED) is 0.744. The number of anilines is 1. The first-order valence-corrected chi connectivity index (χ1v) is 7.67. The van der Waals surface area contributed by atoms with Gasteiger partial charge in [-0.25, -0.2) is 9.48 Å². The van der Waals surface area contributed by atoms with E-state index in [0.717, 1.165) is 22.6 Å². The van der Waals surface area contributed by atoms with E-state index in [1.807, 2.05) is 49.4 Å². The average Bonchev–Trinajstić information content (AvgIpc) is 3.16. The van der Waals surface area contributed by atoms with E-state index in [0.29, 0.717) is 12.2 Å². The first-order valence-electron chi connectivity index (χ1n) is 7.67. The Labute approximate surface area is 144 Å². The molecule has 0 unspecified atom stereocenters. The van der Waals surface area contributed by atoms with E-state index in [4.69, 9.17) is 4.74 Å². The van der Waals surface area contributed by atoms with Crippen LogP contribution in [-0.4, -0.2) is 33.3 Å². The molecule has 0 radical (unpaired) electrons. The van der Waals surface area contributed by atoms with Gasteiger partial charge in [0.05, 0.1) is 12.8 Å². The highest BCUT2D eigenvalue weighted by molar-refractivity contribution is 5.89. The Balaban J connectivity index is 1.62. The number of urea groups is 1. The number of methoxy groups -OCH3 is 1. The van der Waals surface area contributed by atoms with Gasteiger partial charge in [-0.3, -0.25) is 0 Å². The van der Waals surface area contributed by atoms with Gasteiger partial charge in [-0.15, -0.1) is 5.10 Å². The lowest BCUT2D eigenvalue weighted by Crippen LogP contribution is -2.28. The summed E-state index contributed by atoms with van der Waals surface area (Å²) in [5, 5.41) is 16.8. The van der Waals surface area contributed by atoms with Crippen molar-refractivity contribution >= 4 is 11.7 Å². The first kappa shape index (κ1) is 16.4. The molecule has 8 heteroatoms. The van der Waals surface area contributed by atoms with Gasteiger partial charge in [0, 0.05) is 12.2 Å². The fraction of sp³-hybridized carbons (Fsp3) is 0.176. The van der Waals surface area contributed by atoms with E-state index in [-0.39, 0.29) is 6.03 Å². The lowest BCUT2D eigenvalue weighted by Gasteiger charge is -2.11. The number of aryl methyl sites for hydroxylation is 1. The zero-order valence-electron chi connectivity index (χ0n) is 13.9. The zero-order chi connectivity index (χ0) is 17.6. The third-order valence-electron chi connectivity index (χ3n) is 3.67. The molecule has 2 aromatic carbocycles. The number of carbonyl (C=O) groups excluding carboxylic acids is 1. The molecule has 2 N–H and O–H groups in total. The number of rotatable bonds is 5. The highest BCUT2D eigenvalue weighted by Gasteiger charge is 2.07. The van der Waals surface area contributed by atoms with Gasteiger partial charge in [0.25, 0.3) is 0 Å². The summed E-state index contributed by atoms with van der Waals surface area (Å²) < 4.78 is 6.66. The van der Waals surface area contributed by atoms with Gasteiger partial charge < -0.3 is 15.4 Å². The van der Waals surface area contributed by atoms with Crippen LogP contribution in [0.25, 0.3) is 5.69 Å². The molecule has 2 amide bonds. The van der Waals surface area contributed by atoms with Gasteiger partial charge >= 0.3 is 6.03 Å². The summed E-state index contributed by atoms with van der Waals surface area (Å²) in [7, 11) is 1.62. The van der Waals surface area contributed by atoms with Gasteiger partial charge in [0.1, 0.15) is 12.1 Å². The third-order valence-corrected chi connectivity index (χ3v) is 3.67. The van der Waals surface area contributed by atoms with E-state index in [9.17, 15) is 4.79 Å². The topological polar surface area (TPSA) is 94.0 Å². The SMILES string of the molecule is COc1ccc(CNC(=O)Nc2ccc(C)c(-n3cnnn3)c2)cc1. The third kappa shape index (κ3) is 4.11. The van der Waals surface area contributed by atoms with Crippen molar-refractivity contribution in [2.45, 2.75) is 13.5 Å². The van der Waals surface area contributed by atoms with Gasteiger partial charge in [-0.05, 0) is 52.7 Å². The molecule has 0 aliphatic rings. The van der Waals surface area contributed by atoms with E-state index >= 15 is 0 Å². The predicted octanol–water partition coefficient (Wildman–Crippen LogP) is 2.30. The molecule has 25 heavy (non-hydrogen) atoms. The maximum Gasteiger partial charge on any atom is 0.319 e. The van der Waals surface area contributed by atoms with Crippen LogP contribution in [-0.2, 0) is 6.54 Å². The summed E-state index contributed by atoms with van der Waals surface area (Å²) in [6.45, 7) is 2.37. The number of carbonyl (C=O) groups is 1. The van der Waals surface area contributed by atoms with Crippen molar-refractivity contribution in [2.24, 2.45) is 0 Å².